The summed E-state index contributed by atoms with van der Waals surface area (Å²) >= 11 is 0. The highest BCUT2D eigenvalue weighted by Gasteiger charge is 2.19. The number of anilines is 1. The van der Waals surface area contributed by atoms with E-state index >= 15 is 0 Å². The van der Waals surface area contributed by atoms with E-state index in [1.54, 1.807) is 10.9 Å². The second-order valence-corrected chi connectivity index (χ2v) is 4.68. The normalized spacial score (nSPS) is 15.2. The van der Waals surface area contributed by atoms with Gasteiger partial charge in [-0.2, -0.15) is 5.26 Å². The number of hydrogen-bond acceptors (Lipinski definition) is 4. The first kappa shape index (κ1) is 11.7. The van der Waals surface area contributed by atoms with Gasteiger partial charge < -0.3 is 4.90 Å². The third-order valence-corrected chi connectivity index (χ3v) is 3.48. The van der Waals surface area contributed by atoms with E-state index in [9.17, 15) is 5.26 Å². The summed E-state index contributed by atoms with van der Waals surface area (Å²) in [6, 6.07) is 8.03. The average molecular weight is 253 g/mol. The molecule has 0 unspecified atom stereocenters. The number of rotatable bonds is 2. The minimum atomic E-state index is 0.704. The van der Waals surface area contributed by atoms with Crippen molar-refractivity contribution in [3.8, 4) is 11.8 Å². The van der Waals surface area contributed by atoms with Crippen molar-refractivity contribution in [2.75, 3.05) is 18.0 Å². The largest absolute Gasteiger partial charge is 0.369 e. The van der Waals surface area contributed by atoms with Crippen molar-refractivity contribution < 1.29 is 0 Å². The van der Waals surface area contributed by atoms with Crippen molar-refractivity contribution in [2.45, 2.75) is 19.3 Å². The summed E-state index contributed by atoms with van der Waals surface area (Å²) in [5.41, 5.74) is 2.61. The molecule has 96 valence electrons. The quantitative estimate of drug-likeness (QED) is 0.822. The second-order valence-electron chi connectivity index (χ2n) is 4.68. The fraction of sp³-hybridized carbons (Fsp3) is 0.357. The Bertz CT molecular complexity index is 591. The third kappa shape index (κ3) is 2.17. The SMILES string of the molecule is N#Cc1cccc(-n2ccnn2)c1N1CCCCC1. The molecule has 1 aromatic carbocycles. The molecule has 1 aliphatic rings. The molecular weight excluding hydrogens is 238 g/mol. The number of nitrogens with zero attached hydrogens (tertiary/aromatic N) is 5. The molecule has 1 saturated heterocycles. The monoisotopic (exact) mass is 253 g/mol. The van der Waals surface area contributed by atoms with Gasteiger partial charge in [-0.1, -0.05) is 11.3 Å². The van der Waals surface area contributed by atoms with Crippen molar-refractivity contribution in [2.24, 2.45) is 0 Å². The van der Waals surface area contributed by atoms with Crippen molar-refractivity contribution in [1.29, 1.82) is 5.26 Å². The number of para-hydroxylation sites is 1. The zero-order valence-corrected chi connectivity index (χ0v) is 10.7. The fourth-order valence-corrected chi connectivity index (χ4v) is 2.59. The Hall–Kier alpha value is -2.35. The minimum Gasteiger partial charge on any atom is -0.369 e. The molecule has 19 heavy (non-hydrogen) atoms. The molecule has 2 aromatic rings. The summed E-state index contributed by atoms with van der Waals surface area (Å²) in [7, 11) is 0. The molecule has 0 aliphatic carbocycles. The van der Waals surface area contributed by atoms with Gasteiger partial charge in [-0.3, -0.25) is 0 Å². The highest BCUT2D eigenvalue weighted by molar-refractivity contribution is 5.71. The summed E-state index contributed by atoms with van der Waals surface area (Å²) in [5.74, 6) is 0. The number of aromatic nitrogens is 3. The Morgan fingerprint density at radius 1 is 1.16 bits per heavy atom. The van der Waals surface area contributed by atoms with E-state index in [-0.39, 0.29) is 0 Å². The molecule has 0 amide bonds. The Kier molecular flexibility index (Phi) is 3.15. The van der Waals surface area contributed by atoms with Crippen LogP contribution in [0.15, 0.2) is 30.6 Å². The number of hydrogen-bond donors (Lipinski definition) is 0. The zero-order valence-electron chi connectivity index (χ0n) is 10.7. The lowest BCUT2D eigenvalue weighted by Gasteiger charge is -2.31. The molecule has 1 fully saturated rings. The van der Waals surface area contributed by atoms with Crippen LogP contribution in [0.25, 0.3) is 5.69 Å². The van der Waals surface area contributed by atoms with Crippen LogP contribution in [0.1, 0.15) is 24.8 Å². The molecule has 5 heteroatoms. The zero-order chi connectivity index (χ0) is 13.1. The molecule has 0 bridgehead atoms. The van der Waals surface area contributed by atoms with Crippen LogP contribution >= 0.6 is 0 Å². The van der Waals surface area contributed by atoms with E-state index in [4.69, 9.17) is 0 Å². The Morgan fingerprint density at radius 3 is 2.68 bits per heavy atom. The van der Waals surface area contributed by atoms with Crippen LogP contribution in [-0.2, 0) is 0 Å². The van der Waals surface area contributed by atoms with Gasteiger partial charge in [0, 0.05) is 13.1 Å². The maximum absolute atomic E-state index is 9.35. The lowest BCUT2D eigenvalue weighted by atomic mass is 10.1. The van der Waals surface area contributed by atoms with Crippen molar-refractivity contribution in [3.63, 3.8) is 0 Å². The summed E-state index contributed by atoms with van der Waals surface area (Å²) in [4.78, 5) is 2.29. The van der Waals surface area contributed by atoms with Gasteiger partial charge in [0.1, 0.15) is 6.07 Å². The van der Waals surface area contributed by atoms with Gasteiger partial charge in [0.2, 0.25) is 0 Å². The molecule has 2 heterocycles. The smallest absolute Gasteiger partial charge is 0.101 e. The standard InChI is InChI=1S/C14H15N5/c15-11-12-5-4-6-13(19-10-7-16-17-19)14(12)18-8-2-1-3-9-18/h4-7,10H,1-3,8-9H2. The maximum Gasteiger partial charge on any atom is 0.101 e. The highest BCUT2D eigenvalue weighted by Crippen LogP contribution is 2.30. The predicted octanol–water partition coefficient (Wildman–Crippen LogP) is 2.13. The molecule has 0 saturated carbocycles. The van der Waals surface area contributed by atoms with Crippen molar-refractivity contribution in [3.05, 3.63) is 36.2 Å². The Morgan fingerprint density at radius 2 is 2.00 bits per heavy atom. The number of piperidine rings is 1. The first-order chi connectivity index (χ1) is 9.40. The average Bonchev–Trinajstić information content (AvgIpc) is 3.01. The summed E-state index contributed by atoms with van der Waals surface area (Å²) in [6.07, 6.45) is 7.08. The molecule has 0 radical (unpaired) electrons. The number of nitriles is 1. The molecule has 1 aliphatic heterocycles. The van der Waals surface area contributed by atoms with Gasteiger partial charge in [0.25, 0.3) is 0 Å². The second kappa shape index (κ2) is 5.11. The first-order valence-corrected chi connectivity index (χ1v) is 6.55. The number of benzene rings is 1. The van der Waals surface area contributed by atoms with E-state index in [2.05, 4.69) is 21.3 Å². The first-order valence-electron chi connectivity index (χ1n) is 6.55. The molecule has 1 aromatic heterocycles. The van der Waals surface area contributed by atoms with Crippen LogP contribution in [-0.4, -0.2) is 28.1 Å². The molecule has 3 rings (SSSR count). The van der Waals surface area contributed by atoms with Crippen LogP contribution < -0.4 is 4.90 Å². The van der Waals surface area contributed by atoms with Gasteiger partial charge in [0.05, 0.1) is 29.3 Å². The van der Waals surface area contributed by atoms with Gasteiger partial charge in [-0.05, 0) is 31.4 Å². The van der Waals surface area contributed by atoms with Gasteiger partial charge in [-0.15, -0.1) is 5.10 Å². The van der Waals surface area contributed by atoms with Crippen LogP contribution in [0, 0.1) is 11.3 Å². The minimum absolute atomic E-state index is 0.704. The van der Waals surface area contributed by atoms with Crippen LogP contribution in [0.5, 0.6) is 0 Å². The Labute approximate surface area is 112 Å². The van der Waals surface area contributed by atoms with Crippen LogP contribution in [0.4, 0.5) is 5.69 Å². The van der Waals surface area contributed by atoms with E-state index in [1.807, 2.05) is 24.4 Å². The molecule has 0 atom stereocenters. The fourth-order valence-electron chi connectivity index (χ4n) is 2.59. The summed E-state index contributed by atoms with van der Waals surface area (Å²) in [6.45, 7) is 2.00. The molecular formula is C14H15N5. The molecule has 5 nitrogen and oxygen atoms in total. The molecule has 0 N–H and O–H groups in total. The van der Waals surface area contributed by atoms with Crippen LogP contribution in [0.2, 0.25) is 0 Å². The van der Waals surface area contributed by atoms with Crippen LogP contribution in [0.3, 0.4) is 0 Å². The van der Waals surface area contributed by atoms with E-state index in [0.717, 1.165) is 24.5 Å². The highest BCUT2D eigenvalue weighted by atomic mass is 15.4. The summed E-state index contributed by atoms with van der Waals surface area (Å²) in [5, 5.41) is 17.2. The Balaban J connectivity index is 2.11. The van der Waals surface area contributed by atoms with Crippen molar-refractivity contribution >= 4 is 5.69 Å². The predicted molar refractivity (Wildman–Crippen MR) is 72.1 cm³/mol. The third-order valence-electron chi connectivity index (χ3n) is 3.48. The van der Waals surface area contributed by atoms with Gasteiger partial charge in [-0.25, -0.2) is 4.68 Å². The maximum atomic E-state index is 9.35. The lowest BCUT2D eigenvalue weighted by molar-refractivity contribution is 0.576. The molecule has 0 spiro atoms. The van der Waals surface area contributed by atoms with E-state index < -0.39 is 0 Å². The van der Waals surface area contributed by atoms with Crippen molar-refractivity contribution in [1.82, 2.24) is 15.0 Å². The van der Waals surface area contributed by atoms with E-state index in [1.165, 1.54) is 19.3 Å². The van der Waals surface area contributed by atoms with Gasteiger partial charge >= 0.3 is 0 Å². The van der Waals surface area contributed by atoms with Gasteiger partial charge in [0.15, 0.2) is 0 Å². The summed E-state index contributed by atoms with van der Waals surface area (Å²) < 4.78 is 1.73. The van der Waals surface area contributed by atoms with E-state index in [0.29, 0.717) is 5.56 Å². The lowest BCUT2D eigenvalue weighted by Crippen LogP contribution is -2.31. The topological polar surface area (TPSA) is 57.7 Å².